The first-order chi connectivity index (χ1) is 16.1. The molecule has 7 nitrogen and oxygen atoms in total. The molecule has 0 bridgehead atoms. The van der Waals surface area contributed by atoms with E-state index >= 15 is 0 Å². The molecule has 0 atom stereocenters. The highest BCUT2D eigenvalue weighted by Gasteiger charge is 2.11. The highest BCUT2D eigenvalue weighted by atomic mass is 16.2. The maximum Gasteiger partial charge on any atom is 0.319 e. The fraction of sp³-hybridized carbons (Fsp3) is 0.346. The predicted molar refractivity (Wildman–Crippen MR) is 132 cm³/mol. The van der Waals surface area contributed by atoms with Crippen LogP contribution >= 0.6 is 0 Å². The Kier molecular flexibility index (Phi) is 9.06. The molecule has 3 rings (SSSR count). The van der Waals surface area contributed by atoms with Gasteiger partial charge in [0.05, 0.1) is 18.4 Å². The number of hydrogen-bond acceptors (Lipinski definition) is 3. The number of anilines is 1. The van der Waals surface area contributed by atoms with Crippen LogP contribution in [-0.4, -0.2) is 34.6 Å². The van der Waals surface area contributed by atoms with Crippen LogP contribution in [0.2, 0.25) is 0 Å². The van der Waals surface area contributed by atoms with E-state index in [4.69, 9.17) is 0 Å². The normalized spacial score (nSPS) is 10.6. The minimum absolute atomic E-state index is 0.0892. The Hall–Kier alpha value is -3.61. The van der Waals surface area contributed by atoms with Gasteiger partial charge in [-0.1, -0.05) is 68.3 Å². The van der Waals surface area contributed by atoms with Gasteiger partial charge in [-0.3, -0.25) is 4.79 Å². The number of urea groups is 1. The number of aromatic nitrogens is 2. The SMILES string of the molecule is CCCCCNC(=O)Nc1ccccc1CC(=O)NCCn1cnc(-c2ccccc2)c1C. The van der Waals surface area contributed by atoms with E-state index in [0.717, 1.165) is 41.8 Å². The number of rotatable bonds is 11. The van der Waals surface area contributed by atoms with Crippen molar-refractivity contribution in [2.24, 2.45) is 0 Å². The fourth-order valence-electron chi connectivity index (χ4n) is 3.64. The van der Waals surface area contributed by atoms with Gasteiger partial charge in [0.2, 0.25) is 5.91 Å². The number of carbonyl (C=O) groups excluding carboxylic acids is 2. The van der Waals surface area contributed by atoms with Gasteiger partial charge in [0.1, 0.15) is 0 Å². The molecule has 3 amide bonds. The van der Waals surface area contributed by atoms with Gasteiger partial charge >= 0.3 is 6.03 Å². The summed E-state index contributed by atoms with van der Waals surface area (Å²) in [5, 5.41) is 8.69. The Morgan fingerprint density at radius 2 is 1.70 bits per heavy atom. The van der Waals surface area contributed by atoms with E-state index in [1.807, 2.05) is 72.4 Å². The molecule has 0 fully saturated rings. The average Bonchev–Trinajstić information content (AvgIpc) is 3.19. The molecule has 174 valence electrons. The van der Waals surface area contributed by atoms with E-state index in [2.05, 4.69) is 27.9 Å². The summed E-state index contributed by atoms with van der Waals surface area (Å²) in [6.07, 6.45) is 5.16. The van der Waals surface area contributed by atoms with E-state index in [1.54, 1.807) is 0 Å². The zero-order valence-corrected chi connectivity index (χ0v) is 19.4. The molecule has 0 aliphatic carbocycles. The van der Waals surface area contributed by atoms with Gasteiger partial charge in [0.25, 0.3) is 0 Å². The van der Waals surface area contributed by atoms with Crippen molar-refractivity contribution in [1.82, 2.24) is 20.2 Å². The molecule has 3 N–H and O–H groups in total. The van der Waals surface area contributed by atoms with E-state index in [9.17, 15) is 9.59 Å². The lowest BCUT2D eigenvalue weighted by atomic mass is 10.1. The summed E-state index contributed by atoms with van der Waals surface area (Å²) in [5.74, 6) is -0.0892. The number of imidazole rings is 1. The largest absolute Gasteiger partial charge is 0.354 e. The number of nitrogens with one attached hydrogen (secondary N) is 3. The van der Waals surface area contributed by atoms with Crippen molar-refractivity contribution in [2.75, 3.05) is 18.4 Å². The van der Waals surface area contributed by atoms with Crippen molar-refractivity contribution in [3.05, 3.63) is 72.2 Å². The molecule has 1 heterocycles. The number of benzene rings is 2. The van der Waals surface area contributed by atoms with Crippen LogP contribution in [0.1, 0.15) is 37.4 Å². The molecule has 0 spiro atoms. The molecule has 0 saturated carbocycles. The zero-order valence-electron chi connectivity index (χ0n) is 19.4. The summed E-state index contributed by atoms with van der Waals surface area (Å²) in [4.78, 5) is 29.2. The number of para-hydroxylation sites is 1. The first-order valence-electron chi connectivity index (χ1n) is 11.5. The molecule has 33 heavy (non-hydrogen) atoms. The van der Waals surface area contributed by atoms with Gasteiger partial charge in [0, 0.05) is 36.6 Å². The minimum Gasteiger partial charge on any atom is -0.354 e. The Bertz CT molecular complexity index is 1050. The Morgan fingerprint density at radius 3 is 2.48 bits per heavy atom. The summed E-state index contributed by atoms with van der Waals surface area (Å²) < 4.78 is 2.04. The average molecular weight is 448 g/mol. The monoisotopic (exact) mass is 447 g/mol. The quantitative estimate of drug-likeness (QED) is 0.377. The van der Waals surface area contributed by atoms with Crippen LogP contribution in [0.3, 0.4) is 0 Å². The lowest BCUT2D eigenvalue weighted by molar-refractivity contribution is -0.120. The molecular weight excluding hydrogens is 414 g/mol. The summed E-state index contributed by atoms with van der Waals surface area (Å²) in [7, 11) is 0. The summed E-state index contributed by atoms with van der Waals surface area (Å²) >= 11 is 0. The Morgan fingerprint density at radius 1 is 0.939 bits per heavy atom. The Labute approximate surface area is 195 Å². The van der Waals surface area contributed by atoms with E-state index in [0.29, 0.717) is 25.3 Å². The molecule has 0 aliphatic rings. The molecule has 3 aromatic rings. The molecule has 0 aliphatic heterocycles. The van der Waals surface area contributed by atoms with Crippen molar-refractivity contribution in [1.29, 1.82) is 0 Å². The second kappa shape index (κ2) is 12.4. The molecular formula is C26H33N5O2. The Balaban J connectivity index is 1.49. The second-order valence-corrected chi connectivity index (χ2v) is 8.01. The van der Waals surface area contributed by atoms with Crippen molar-refractivity contribution < 1.29 is 9.59 Å². The van der Waals surface area contributed by atoms with Gasteiger partial charge in [-0.2, -0.15) is 0 Å². The van der Waals surface area contributed by atoms with Gasteiger partial charge < -0.3 is 20.5 Å². The fourth-order valence-corrected chi connectivity index (χ4v) is 3.64. The maximum atomic E-state index is 12.5. The van der Waals surface area contributed by atoms with Gasteiger partial charge in [-0.25, -0.2) is 9.78 Å². The predicted octanol–water partition coefficient (Wildman–Crippen LogP) is 4.53. The minimum atomic E-state index is -0.247. The third-order valence-electron chi connectivity index (χ3n) is 5.50. The van der Waals surface area contributed by atoms with Crippen molar-refractivity contribution in [3.8, 4) is 11.3 Å². The standard InChI is InChI=1S/C26H33N5O2/c1-3-4-10-15-28-26(33)30-23-14-9-8-13-22(23)18-24(32)27-16-17-31-19-29-25(20(31)2)21-11-6-5-7-12-21/h5-9,11-14,19H,3-4,10,15-18H2,1-2H3,(H,27,32)(H2,28,30,33). The summed E-state index contributed by atoms with van der Waals surface area (Å²) in [6.45, 7) is 5.93. The van der Waals surface area contributed by atoms with Crippen LogP contribution in [0, 0.1) is 6.92 Å². The highest BCUT2D eigenvalue weighted by molar-refractivity contribution is 5.91. The first kappa shape index (κ1) is 24.0. The zero-order chi connectivity index (χ0) is 23.5. The number of amides is 3. The summed E-state index contributed by atoms with van der Waals surface area (Å²) in [6, 6.07) is 17.2. The lowest BCUT2D eigenvalue weighted by Crippen LogP contribution is -2.31. The van der Waals surface area contributed by atoms with Crippen molar-refractivity contribution in [2.45, 2.75) is 46.1 Å². The third-order valence-corrected chi connectivity index (χ3v) is 5.50. The van der Waals surface area contributed by atoms with Crippen LogP contribution in [0.4, 0.5) is 10.5 Å². The molecule has 2 aromatic carbocycles. The van der Waals surface area contributed by atoms with Gasteiger partial charge in [-0.05, 0) is 25.0 Å². The molecule has 0 unspecified atom stereocenters. The van der Waals surface area contributed by atoms with Crippen molar-refractivity contribution in [3.63, 3.8) is 0 Å². The number of hydrogen-bond donors (Lipinski definition) is 3. The number of carbonyl (C=O) groups is 2. The van der Waals surface area contributed by atoms with Crippen LogP contribution in [0.25, 0.3) is 11.3 Å². The molecule has 0 saturated heterocycles. The van der Waals surface area contributed by atoms with Gasteiger partial charge in [-0.15, -0.1) is 0 Å². The van der Waals surface area contributed by atoms with E-state index < -0.39 is 0 Å². The molecule has 7 heteroatoms. The first-order valence-corrected chi connectivity index (χ1v) is 11.5. The van der Waals surface area contributed by atoms with Crippen LogP contribution in [0.5, 0.6) is 0 Å². The van der Waals surface area contributed by atoms with E-state index in [-0.39, 0.29) is 18.4 Å². The highest BCUT2D eigenvalue weighted by Crippen LogP contribution is 2.21. The smallest absolute Gasteiger partial charge is 0.319 e. The molecule has 0 radical (unpaired) electrons. The van der Waals surface area contributed by atoms with Crippen LogP contribution in [-0.2, 0) is 17.8 Å². The van der Waals surface area contributed by atoms with Crippen LogP contribution < -0.4 is 16.0 Å². The topological polar surface area (TPSA) is 88.0 Å². The van der Waals surface area contributed by atoms with Crippen molar-refractivity contribution >= 4 is 17.6 Å². The number of unbranched alkanes of at least 4 members (excludes halogenated alkanes) is 2. The van der Waals surface area contributed by atoms with E-state index in [1.165, 1.54) is 0 Å². The summed E-state index contributed by atoms with van der Waals surface area (Å²) in [5.41, 5.74) is 4.53. The maximum absolute atomic E-state index is 12.5. The van der Waals surface area contributed by atoms with Gasteiger partial charge in [0.15, 0.2) is 0 Å². The molecule has 1 aromatic heterocycles. The van der Waals surface area contributed by atoms with Crippen LogP contribution in [0.15, 0.2) is 60.9 Å². The second-order valence-electron chi connectivity index (χ2n) is 8.01. The third kappa shape index (κ3) is 7.20. The lowest BCUT2D eigenvalue weighted by Gasteiger charge is -2.12. The number of nitrogens with zero attached hydrogens (tertiary/aromatic N) is 2.